The summed E-state index contributed by atoms with van der Waals surface area (Å²) in [7, 11) is 1.56. The molecule has 0 spiro atoms. The summed E-state index contributed by atoms with van der Waals surface area (Å²) in [5.74, 6) is -1.27. The molecule has 0 amide bonds. The molecule has 0 aliphatic heterocycles. The van der Waals surface area contributed by atoms with Crippen molar-refractivity contribution in [2.75, 3.05) is 13.6 Å². The number of benzene rings is 1. The number of alkyl halides is 2. The van der Waals surface area contributed by atoms with E-state index in [0.29, 0.717) is 4.57 Å². The van der Waals surface area contributed by atoms with E-state index in [-0.39, 0.29) is 24.5 Å². The summed E-state index contributed by atoms with van der Waals surface area (Å²) in [5, 5.41) is 9.98. The molecule has 1 aromatic carbocycles. The van der Waals surface area contributed by atoms with E-state index in [2.05, 4.69) is 4.98 Å². The van der Waals surface area contributed by atoms with Crippen LogP contribution in [0.1, 0.15) is 24.0 Å². The Morgan fingerprint density at radius 3 is 2.73 bits per heavy atom. The molecule has 1 unspecified atom stereocenters. The van der Waals surface area contributed by atoms with Crippen molar-refractivity contribution in [2.45, 2.75) is 19.2 Å². The Morgan fingerprint density at radius 2 is 2.05 bits per heavy atom. The molecule has 120 valence electrons. The van der Waals surface area contributed by atoms with Crippen molar-refractivity contribution in [3.63, 3.8) is 0 Å². The Hall–Kier alpha value is -1.93. The van der Waals surface area contributed by atoms with E-state index in [1.54, 1.807) is 7.05 Å². The van der Waals surface area contributed by atoms with Crippen molar-refractivity contribution in [3.05, 3.63) is 53.6 Å². The topological polar surface area (TPSA) is 41.3 Å². The van der Waals surface area contributed by atoms with E-state index in [0.717, 1.165) is 24.4 Å². The van der Waals surface area contributed by atoms with Crippen molar-refractivity contribution < 1.29 is 22.7 Å². The van der Waals surface area contributed by atoms with Gasteiger partial charge in [0.05, 0.1) is 12.6 Å². The lowest BCUT2D eigenvalue weighted by Gasteiger charge is -2.21. The fourth-order valence-electron chi connectivity index (χ4n) is 2.11. The third kappa shape index (κ3) is 3.83. The first-order valence-corrected chi connectivity index (χ1v) is 6.50. The highest BCUT2D eigenvalue weighted by molar-refractivity contribution is 5.21. The molecular weight excluding hydrogens is 302 g/mol. The molecule has 0 bridgehead atoms. The van der Waals surface area contributed by atoms with Gasteiger partial charge in [-0.3, -0.25) is 9.47 Å². The van der Waals surface area contributed by atoms with E-state index in [4.69, 9.17) is 0 Å². The zero-order valence-electron chi connectivity index (χ0n) is 11.8. The van der Waals surface area contributed by atoms with Crippen molar-refractivity contribution >= 4 is 0 Å². The van der Waals surface area contributed by atoms with Crippen LogP contribution in [0.25, 0.3) is 0 Å². The number of aromatic nitrogens is 2. The van der Waals surface area contributed by atoms with Gasteiger partial charge in [0, 0.05) is 24.5 Å². The zero-order chi connectivity index (χ0) is 16.3. The summed E-state index contributed by atoms with van der Waals surface area (Å²) >= 11 is 0. The van der Waals surface area contributed by atoms with Crippen molar-refractivity contribution in [1.29, 1.82) is 0 Å². The summed E-state index contributed by atoms with van der Waals surface area (Å²) in [6.45, 7) is -2.74. The van der Waals surface area contributed by atoms with Gasteiger partial charge in [0.2, 0.25) is 0 Å². The Labute approximate surface area is 124 Å². The summed E-state index contributed by atoms with van der Waals surface area (Å²) in [6, 6.07) is 2.79. The average Bonchev–Trinajstić information content (AvgIpc) is 2.89. The van der Waals surface area contributed by atoms with E-state index in [9.17, 15) is 22.7 Å². The number of imidazole rings is 1. The normalized spacial score (nSPS) is 13.1. The van der Waals surface area contributed by atoms with Gasteiger partial charge in [0.25, 0.3) is 0 Å². The highest BCUT2D eigenvalue weighted by Crippen LogP contribution is 2.20. The van der Waals surface area contributed by atoms with Gasteiger partial charge in [0.15, 0.2) is 0 Å². The largest absolute Gasteiger partial charge is 0.387 e. The summed E-state index contributed by atoms with van der Waals surface area (Å²) in [4.78, 5) is 5.31. The smallest absolute Gasteiger partial charge is 0.319 e. The zero-order valence-corrected chi connectivity index (χ0v) is 11.8. The molecule has 0 saturated heterocycles. The average molecular weight is 317 g/mol. The molecule has 0 aliphatic rings. The fraction of sp³-hybridized carbons (Fsp3) is 0.357. The van der Waals surface area contributed by atoms with Crippen LogP contribution in [0.4, 0.5) is 17.6 Å². The van der Waals surface area contributed by atoms with E-state index >= 15 is 0 Å². The van der Waals surface area contributed by atoms with Gasteiger partial charge in [-0.15, -0.1) is 0 Å². The molecule has 0 fully saturated rings. The first kappa shape index (κ1) is 16.4. The van der Waals surface area contributed by atoms with E-state index in [1.165, 1.54) is 11.1 Å². The van der Waals surface area contributed by atoms with Crippen LogP contribution in [0, 0.1) is 11.6 Å². The Kier molecular flexibility index (Phi) is 5.15. The van der Waals surface area contributed by atoms with Crippen LogP contribution < -0.4 is 0 Å². The molecule has 22 heavy (non-hydrogen) atoms. The molecule has 0 aliphatic carbocycles. The van der Waals surface area contributed by atoms with Crippen LogP contribution in [-0.2, 0) is 6.54 Å². The molecule has 0 saturated carbocycles. The van der Waals surface area contributed by atoms with Crippen molar-refractivity contribution in [2.24, 2.45) is 0 Å². The monoisotopic (exact) mass is 317 g/mol. The number of rotatable bonds is 6. The van der Waals surface area contributed by atoms with Crippen LogP contribution in [0.5, 0.6) is 0 Å². The maximum atomic E-state index is 13.6. The highest BCUT2D eigenvalue weighted by atomic mass is 19.3. The molecule has 4 nitrogen and oxygen atoms in total. The lowest BCUT2D eigenvalue weighted by Crippen LogP contribution is -2.26. The third-order valence-corrected chi connectivity index (χ3v) is 3.17. The minimum absolute atomic E-state index is 0.0331. The Morgan fingerprint density at radius 1 is 1.32 bits per heavy atom. The van der Waals surface area contributed by atoms with Crippen LogP contribution >= 0.6 is 0 Å². The number of nitrogens with zero attached hydrogens (tertiary/aromatic N) is 3. The second-order valence-corrected chi connectivity index (χ2v) is 4.91. The molecule has 2 aromatic rings. The molecule has 8 heteroatoms. The SMILES string of the molecule is CN(Cc1nccn1C(F)F)CC(O)c1cc(F)ccc1F. The number of hydrogen-bond acceptors (Lipinski definition) is 3. The standard InChI is InChI=1S/C14H15F4N3O/c1-20(8-13-19-4-5-21(13)14(17)18)7-12(22)10-6-9(15)2-3-11(10)16/h2-6,12,14,22H,7-8H2,1H3. The molecule has 1 aromatic heterocycles. The van der Waals surface area contributed by atoms with Gasteiger partial charge >= 0.3 is 6.55 Å². The van der Waals surface area contributed by atoms with Gasteiger partial charge < -0.3 is 5.11 Å². The summed E-state index contributed by atoms with van der Waals surface area (Å²) in [5.41, 5.74) is -0.177. The second kappa shape index (κ2) is 6.89. The van der Waals surface area contributed by atoms with Crippen LogP contribution in [0.2, 0.25) is 0 Å². The maximum absolute atomic E-state index is 13.6. The number of aliphatic hydroxyl groups is 1. The summed E-state index contributed by atoms with van der Waals surface area (Å²) < 4.78 is 52.8. The van der Waals surface area contributed by atoms with Gasteiger partial charge in [-0.1, -0.05) is 0 Å². The van der Waals surface area contributed by atoms with Crippen LogP contribution in [-0.4, -0.2) is 33.1 Å². The number of likely N-dealkylation sites (N-methyl/N-ethyl adjacent to an activating group) is 1. The lowest BCUT2D eigenvalue weighted by molar-refractivity contribution is 0.0623. The predicted molar refractivity (Wildman–Crippen MR) is 71.1 cm³/mol. The van der Waals surface area contributed by atoms with Gasteiger partial charge in [-0.25, -0.2) is 13.8 Å². The number of aliphatic hydroxyl groups excluding tert-OH is 1. The van der Waals surface area contributed by atoms with Crippen LogP contribution in [0.3, 0.4) is 0 Å². The van der Waals surface area contributed by atoms with Crippen LogP contribution in [0.15, 0.2) is 30.6 Å². The number of hydrogen-bond donors (Lipinski definition) is 1. The van der Waals surface area contributed by atoms with Crippen molar-refractivity contribution in [1.82, 2.24) is 14.5 Å². The first-order valence-electron chi connectivity index (χ1n) is 6.50. The molecular formula is C14H15F4N3O. The molecule has 1 heterocycles. The van der Waals surface area contributed by atoms with Gasteiger partial charge in [-0.2, -0.15) is 8.78 Å². The molecule has 0 radical (unpaired) electrons. The minimum atomic E-state index is -2.71. The fourth-order valence-corrected chi connectivity index (χ4v) is 2.11. The minimum Gasteiger partial charge on any atom is -0.387 e. The maximum Gasteiger partial charge on any atom is 0.319 e. The number of halogens is 4. The summed E-state index contributed by atoms with van der Waals surface area (Å²) in [6.07, 6.45) is 1.12. The van der Waals surface area contributed by atoms with E-state index < -0.39 is 24.3 Å². The lowest BCUT2D eigenvalue weighted by atomic mass is 10.1. The second-order valence-electron chi connectivity index (χ2n) is 4.91. The van der Waals surface area contributed by atoms with Gasteiger partial charge in [-0.05, 0) is 25.2 Å². The third-order valence-electron chi connectivity index (χ3n) is 3.17. The Balaban J connectivity index is 2.03. The quantitative estimate of drug-likeness (QED) is 0.833. The Bertz CT molecular complexity index is 632. The molecule has 1 N–H and O–H groups in total. The molecule has 1 atom stereocenters. The predicted octanol–water partition coefficient (Wildman–Crippen LogP) is 2.72. The first-order chi connectivity index (χ1) is 10.4. The van der Waals surface area contributed by atoms with E-state index in [1.807, 2.05) is 0 Å². The van der Waals surface area contributed by atoms with Gasteiger partial charge in [0.1, 0.15) is 17.5 Å². The molecule has 2 rings (SSSR count). The van der Waals surface area contributed by atoms with Crippen molar-refractivity contribution in [3.8, 4) is 0 Å². The highest BCUT2D eigenvalue weighted by Gasteiger charge is 2.18.